The minimum Gasteiger partial charge on any atom is -0.507 e. The number of aliphatic hydroxyl groups is 3. The molecule has 6 N–H and O–H groups in total. The largest absolute Gasteiger partial charge is 0.507 e. The molecule has 16 heteroatoms. The van der Waals surface area contributed by atoms with Crippen LogP contribution in [-0.2, 0) is 9.47 Å². The molecule has 13 nitrogen and oxygen atoms in total. The van der Waals surface area contributed by atoms with Gasteiger partial charge in [-0.1, -0.05) is 34.8 Å². The molecule has 1 aliphatic heterocycles. The van der Waals surface area contributed by atoms with Gasteiger partial charge in [-0.2, -0.15) is 0 Å². The van der Waals surface area contributed by atoms with Crippen molar-refractivity contribution < 1.29 is 63.9 Å². The quantitative estimate of drug-likeness (QED) is 0.130. The fourth-order valence-corrected chi connectivity index (χ4v) is 8.85. The van der Waals surface area contributed by atoms with Gasteiger partial charge in [0.1, 0.15) is 58.9 Å². The second kappa shape index (κ2) is 13.7. The zero-order valence-electron chi connectivity index (χ0n) is 30.3. The number of phenols is 3. The zero-order chi connectivity index (χ0) is 40.3. The molecular weight excluding hydrogens is 783 g/mol. The molecule has 55 heavy (non-hydrogen) atoms. The van der Waals surface area contributed by atoms with Crippen molar-refractivity contribution in [3.8, 4) is 45.6 Å². The molecule has 4 aromatic rings. The van der Waals surface area contributed by atoms with E-state index >= 15 is 0 Å². The third-order valence-electron chi connectivity index (χ3n) is 10.8. The number of rotatable bonds is 6. The fourth-order valence-electron chi connectivity index (χ4n) is 8.10. The van der Waals surface area contributed by atoms with Gasteiger partial charge in [-0.15, -0.1) is 0 Å². The number of hydrogen-bond donors (Lipinski definition) is 6. The van der Waals surface area contributed by atoms with Crippen molar-refractivity contribution >= 4 is 46.4 Å². The maximum Gasteiger partial charge on any atom is 0.197 e. The zero-order valence-corrected chi connectivity index (χ0v) is 32.6. The van der Waals surface area contributed by atoms with Gasteiger partial charge in [0.2, 0.25) is 0 Å². The first-order valence-electron chi connectivity index (χ1n) is 16.8. The summed E-state index contributed by atoms with van der Waals surface area (Å²) >= 11 is 20.1. The molecule has 1 fully saturated rings. The molecule has 0 amide bonds. The maximum atomic E-state index is 15.0. The van der Waals surface area contributed by atoms with Crippen LogP contribution in [-0.4, -0.2) is 88.1 Å². The van der Waals surface area contributed by atoms with Crippen LogP contribution in [0.5, 0.6) is 34.5 Å². The van der Waals surface area contributed by atoms with Gasteiger partial charge in [-0.3, -0.25) is 9.59 Å². The van der Waals surface area contributed by atoms with Crippen LogP contribution >= 0.6 is 34.8 Å². The smallest absolute Gasteiger partial charge is 0.197 e. The highest BCUT2D eigenvalue weighted by atomic mass is 35.5. The van der Waals surface area contributed by atoms with Crippen LogP contribution < -0.4 is 14.2 Å². The fraction of sp³-hybridized carbons (Fsp3) is 0.333. The van der Waals surface area contributed by atoms with E-state index in [0.29, 0.717) is 11.1 Å². The predicted molar refractivity (Wildman–Crippen MR) is 199 cm³/mol. The van der Waals surface area contributed by atoms with Crippen LogP contribution in [0.2, 0.25) is 15.1 Å². The van der Waals surface area contributed by atoms with Gasteiger partial charge in [-0.05, 0) is 44.4 Å². The van der Waals surface area contributed by atoms with Crippen molar-refractivity contribution in [3.63, 3.8) is 0 Å². The molecule has 2 aliphatic carbocycles. The minimum absolute atomic E-state index is 0.0171. The van der Waals surface area contributed by atoms with E-state index in [9.17, 15) is 40.2 Å². The Bertz CT molecular complexity index is 2380. The summed E-state index contributed by atoms with van der Waals surface area (Å²) in [5, 5.41) is 66.9. The molecule has 0 spiro atoms. The van der Waals surface area contributed by atoms with Crippen molar-refractivity contribution in [2.24, 2.45) is 0 Å². The van der Waals surface area contributed by atoms with Crippen LogP contribution in [0.4, 0.5) is 0 Å². The van der Waals surface area contributed by atoms with E-state index in [1.54, 1.807) is 13.8 Å². The topological polar surface area (TPSA) is 202 Å². The molecule has 4 aromatic carbocycles. The van der Waals surface area contributed by atoms with Crippen molar-refractivity contribution in [1.29, 1.82) is 0 Å². The highest BCUT2D eigenvalue weighted by Gasteiger charge is 2.49. The van der Waals surface area contributed by atoms with Crippen LogP contribution in [0, 0.1) is 20.8 Å². The third kappa shape index (κ3) is 5.32. The number of fused-ring (bicyclic) bond motifs is 4. The van der Waals surface area contributed by atoms with E-state index in [1.165, 1.54) is 41.2 Å². The molecule has 0 saturated carbocycles. The van der Waals surface area contributed by atoms with Crippen LogP contribution in [0.25, 0.3) is 11.1 Å². The number of aromatic hydroxyl groups is 3. The Hall–Kier alpha value is -4.31. The van der Waals surface area contributed by atoms with E-state index in [2.05, 4.69) is 0 Å². The summed E-state index contributed by atoms with van der Waals surface area (Å²) in [6.45, 7) is 6.22. The highest BCUT2D eigenvalue weighted by molar-refractivity contribution is 6.36. The lowest BCUT2D eigenvalue weighted by molar-refractivity contribution is -0.182. The molecular formula is C39H35Cl3O13. The predicted octanol–water partition coefficient (Wildman–Crippen LogP) is 6.12. The van der Waals surface area contributed by atoms with E-state index in [-0.39, 0.29) is 82.9 Å². The lowest BCUT2D eigenvalue weighted by Gasteiger charge is -2.37. The highest BCUT2D eigenvalue weighted by Crippen LogP contribution is 2.59. The molecule has 0 aromatic heterocycles. The summed E-state index contributed by atoms with van der Waals surface area (Å²) in [7, 11) is 4.00. The Morgan fingerprint density at radius 1 is 0.618 bits per heavy atom. The monoisotopic (exact) mass is 816 g/mol. The summed E-state index contributed by atoms with van der Waals surface area (Å²) in [6, 6.07) is 2.23. The second-order valence-electron chi connectivity index (χ2n) is 13.6. The Balaban J connectivity index is 1.67. The lowest BCUT2D eigenvalue weighted by atomic mass is 9.72. The number of ketones is 2. The first-order valence-corrected chi connectivity index (χ1v) is 18.0. The summed E-state index contributed by atoms with van der Waals surface area (Å²) in [4.78, 5) is 29.3. The Morgan fingerprint density at radius 2 is 1.20 bits per heavy atom. The summed E-state index contributed by atoms with van der Waals surface area (Å²) in [5.74, 6) is -3.29. The van der Waals surface area contributed by atoms with Gasteiger partial charge < -0.3 is 54.3 Å². The number of carbonyl (C=O) groups excluding carboxylic acids is 2. The Labute approximate surface area is 329 Å². The summed E-state index contributed by atoms with van der Waals surface area (Å²) in [5.41, 5.74) is -0.784. The van der Waals surface area contributed by atoms with Crippen molar-refractivity contribution in [3.05, 3.63) is 88.4 Å². The molecule has 0 bridgehead atoms. The average Bonchev–Trinajstić information content (AvgIpc) is 3.39. The Morgan fingerprint density at radius 3 is 1.78 bits per heavy atom. The van der Waals surface area contributed by atoms with Crippen molar-refractivity contribution in [1.82, 2.24) is 0 Å². The lowest BCUT2D eigenvalue weighted by Crippen LogP contribution is -2.35. The standard InChI is InChI=1S/C39H35Cl3O13/c1-10-19-24(34(48)27-21(32(19)46)14(43)8-15(44)30(27)42)25(35(49)28(10)40)22-16(51-5)9-17(52-6)23-26(22)38(55-39-36(50)31(45)13(4)54-39)20-12(3)37(53-7)29(41)11(2)18(20)33(23)47/h8-9,13,31,34,36,38-39,43-45,48-50H,1-7H3. The minimum atomic E-state index is -1.91. The number of aliphatic hydroxyl groups excluding tert-OH is 3. The average molecular weight is 818 g/mol. The second-order valence-corrected chi connectivity index (χ2v) is 14.7. The SMILES string of the molecule is COc1cc(OC)c(-c2c(O)c(Cl)c(C)c3c2C(O)c2c(Cl)c(O)cc(O)c2C3=O)c2c1C(=O)c1c(C)c(Cl)c(OC)c(C)c1C2OC1OC(C)C(O)C1O. The molecule has 6 unspecified atom stereocenters. The van der Waals surface area contributed by atoms with Crippen molar-refractivity contribution in [2.45, 2.75) is 64.5 Å². The van der Waals surface area contributed by atoms with Gasteiger partial charge >= 0.3 is 0 Å². The molecule has 6 atom stereocenters. The van der Waals surface area contributed by atoms with E-state index in [1.807, 2.05) is 0 Å². The number of carbonyl (C=O) groups is 2. The molecule has 3 aliphatic rings. The Kier molecular flexibility index (Phi) is 9.71. The number of benzene rings is 4. The van der Waals surface area contributed by atoms with E-state index < -0.39 is 76.2 Å². The third-order valence-corrected chi connectivity index (χ3v) is 12.1. The first-order chi connectivity index (χ1) is 25.9. The normalized spacial score (nSPS) is 22.6. The van der Waals surface area contributed by atoms with Gasteiger partial charge in [0.15, 0.2) is 17.9 Å². The number of ether oxygens (including phenoxy) is 5. The van der Waals surface area contributed by atoms with Crippen LogP contribution in [0.3, 0.4) is 0 Å². The first kappa shape index (κ1) is 38.9. The maximum absolute atomic E-state index is 15.0. The van der Waals surface area contributed by atoms with E-state index in [4.69, 9.17) is 58.5 Å². The van der Waals surface area contributed by atoms with Crippen LogP contribution in [0.15, 0.2) is 12.1 Å². The number of methoxy groups -OCH3 is 3. The number of hydrogen-bond acceptors (Lipinski definition) is 13. The van der Waals surface area contributed by atoms with Crippen molar-refractivity contribution in [2.75, 3.05) is 21.3 Å². The number of halogens is 3. The number of phenolic OH excluding ortho intramolecular Hbond substituents is 3. The van der Waals surface area contributed by atoms with Gasteiger partial charge in [0, 0.05) is 56.6 Å². The summed E-state index contributed by atoms with van der Waals surface area (Å²) in [6.07, 6.45) is -8.65. The molecule has 1 heterocycles. The van der Waals surface area contributed by atoms with E-state index in [0.717, 1.165) is 6.07 Å². The van der Waals surface area contributed by atoms with Gasteiger partial charge in [0.05, 0.1) is 53.6 Å². The molecule has 7 rings (SSSR count). The molecule has 0 radical (unpaired) electrons. The summed E-state index contributed by atoms with van der Waals surface area (Å²) < 4.78 is 29.8. The molecule has 290 valence electrons. The van der Waals surface area contributed by atoms with Crippen LogP contribution in [0.1, 0.15) is 89.9 Å². The molecule has 1 saturated heterocycles. The van der Waals surface area contributed by atoms with Gasteiger partial charge in [0.25, 0.3) is 0 Å². The van der Waals surface area contributed by atoms with Gasteiger partial charge in [-0.25, -0.2) is 0 Å².